The number of nitrogens with zero attached hydrogens (tertiary/aromatic N) is 3. The lowest BCUT2D eigenvalue weighted by atomic mass is 10.1. The molecule has 0 bridgehead atoms. The van der Waals surface area contributed by atoms with Gasteiger partial charge in [0.1, 0.15) is 6.61 Å². The number of pyridine rings is 1. The Kier molecular flexibility index (Phi) is 5.56. The summed E-state index contributed by atoms with van der Waals surface area (Å²) in [6.07, 6.45) is 1.82. The molecule has 1 aliphatic rings. The Hall–Kier alpha value is -2.24. The predicted molar refractivity (Wildman–Crippen MR) is 93.4 cm³/mol. The van der Waals surface area contributed by atoms with Gasteiger partial charge in [-0.2, -0.15) is 0 Å². The van der Waals surface area contributed by atoms with E-state index in [-0.39, 0.29) is 12.5 Å². The number of rotatable bonds is 5. The van der Waals surface area contributed by atoms with Crippen LogP contribution in [-0.4, -0.2) is 60.6 Å². The molecule has 5 nitrogen and oxygen atoms in total. The Labute approximate surface area is 142 Å². The number of carbonyl (C=O) groups excluding carboxylic acids is 1. The first kappa shape index (κ1) is 16.6. The lowest BCUT2D eigenvalue weighted by molar-refractivity contribution is -0.136. The van der Waals surface area contributed by atoms with Gasteiger partial charge in [0.05, 0.1) is 5.69 Å². The predicted octanol–water partition coefficient (Wildman–Crippen LogP) is 2.04. The summed E-state index contributed by atoms with van der Waals surface area (Å²) >= 11 is 0. The summed E-state index contributed by atoms with van der Waals surface area (Å²) < 4.78 is 4.92. The van der Waals surface area contributed by atoms with E-state index < -0.39 is 0 Å². The van der Waals surface area contributed by atoms with Crippen LogP contribution in [0.2, 0.25) is 0 Å². The third-order valence-electron chi connectivity index (χ3n) is 4.29. The molecule has 5 heteroatoms. The van der Waals surface area contributed by atoms with Crippen molar-refractivity contribution < 1.29 is 9.53 Å². The van der Waals surface area contributed by atoms with Gasteiger partial charge in [-0.05, 0) is 23.8 Å². The van der Waals surface area contributed by atoms with E-state index in [2.05, 4.69) is 34.1 Å². The highest BCUT2D eigenvalue weighted by molar-refractivity contribution is 5.77. The van der Waals surface area contributed by atoms with Gasteiger partial charge in [-0.3, -0.25) is 14.7 Å². The highest BCUT2D eigenvalue weighted by atomic mass is 16.5. The van der Waals surface area contributed by atoms with Crippen LogP contribution in [0.25, 0.3) is 11.3 Å². The van der Waals surface area contributed by atoms with E-state index in [4.69, 9.17) is 4.74 Å². The van der Waals surface area contributed by atoms with Crippen molar-refractivity contribution in [3.63, 3.8) is 0 Å². The van der Waals surface area contributed by atoms with E-state index in [1.165, 1.54) is 5.56 Å². The first-order chi connectivity index (χ1) is 11.8. The van der Waals surface area contributed by atoms with Gasteiger partial charge in [0.25, 0.3) is 0 Å². The van der Waals surface area contributed by atoms with Crippen molar-refractivity contribution >= 4 is 5.91 Å². The van der Waals surface area contributed by atoms with Crippen LogP contribution in [0, 0.1) is 0 Å². The zero-order valence-electron chi connectivity index (χ0n) is 14.0. The van der Waals surface area contributed by atoms with Crippen LogP contribution in [0.3, 0.4) is 0 Å². The number of amides is 1. The van der Waals surface area contributed by atoms with Crippen LogP contribution >= 0.6 is 0 Å². The summed E-state index contributed by atoms with van der Waals surface area (Å²) in [5.41, 5.74) is 3.41. The quantitative estimate of drug-likeness (QED) is 0.844. The molecule has 1 aromatic carbocycles. The summed E-state index contributed by atoms with van der Waals surface area (Å²) in [5.74, 6) is 0.0781. The Morgan fingerprint density at radius 3 is 2.67 bits per heavy atom. The molecular weight excluding hydrogens is 302 g/mol. The molecule has 24 heavy (non-hydrogen) atoms. The average molecular weight is 325 g/mol. The van der Waals surface area contributed by atoms with Gasteiger partial charge in [0, 0.05) is 51.6 Å². The maximum atomic E-state index is 11.8. The number of piperazine rings is 1. The zero-order chi connectivity index (χ0) is 16.8. The minimum absolute atomic E-state index is 0.0781. The van der Waals surface area contributed by atoms with Gasteiger partial charge in [-0.15, -0.1) is 0 Å². The molecular formula is C19H23N3O2. The van der Waals surface area contributed by atoms with Crippen molar-refractivity contribution in [2.75, 3.05) is 39.9 Å². The SMILES string of the molecule is COCC(=O)N1CCN(Cc2cccc(-c3ccccn3)c2)CC1. The molecule has 0 spiro atoms. The van der Waals surface area contributed by atoms with Crippen molar-refractivity contribution in [1.29, 1.82) is 0 Å². The molecule has 0 atom stereocenters. The van der Waals surface area contributed by atoms with Crippen molar-refractivity contribution in [2.24, 2.45) is 0 Å². The van der Waals surface area contributed by atoms with Crippen molar-refractivity contribution in [3.05, 3.63) is 54.2 Å². The van der Waals surface area contributed by atoms with Crippen molar-refractivity contribution in [1.82, 2.24) is 14.8 Å². The number of ether oxygens (including phenoxy) is 1. The molecule has 1 aliphatic heterocycles. The number of methoxy groups -OCH3 is 1. The highest BCUT2D eigenvalue weighted by Gasteiger charge is 2.20. The molecule has 2 aromatic rings. The minimum Gasteiger partial charge on any atom is -0.375 e. The van der Waals surface area contributed by atoms with E-state index in [0.717, 1.165) is 44.0 Å². The largest absolute Gasteiger partial charge is 0.375 e. The Bertz CT molecular complexity index is 667. The summed E-state index contributed by atoms with van der Waals surface area (Å²) in [7, 11) is 1.56. The standard InChI is InChI=1S/C19H23N3O2/c1-24-15-19(23)22-11-9-21(10-12-22)14-16-5-4-6-17(13-16)18-7-2-3-8-20-18/h2-8,13H,9-12,14-15H2,1H3. The monoisotopic (exact) mass is 325 g/mol. The van der Waals surface area contributed by atoms with Crippen LogP contribution in [0.1, 0.15) is 5.56 Å². The van der Waals surface area contributed by atoms with Crippen LogP contribution in [0.15, 0.2) is 48.7 Å². The smallest absolute Gasteiger partial charge is 0.248 e. The molecule has 0 N–H and O–H groups in total. The molecule has 126 valence electrons. The molecule has 1 fully saturated rings. The van der Waals surface area contributed by atoms with E-state index in [9.17, 15) is 4.79 Å². The molecule has 1 saturated heterocycles. The van der Waals surface area contributed by atoms with E-state index >= 15 is 0 Å². The molecule has 1 amide bonds. The molecule has 3 rings (SSSR count). The average Bonchev–Trinajstić information content (AvgIpc) is 2.63. The van der Waals surface area contributed by atoms with Gasteiger partial charge >= 0.3 is 0 Å². The first-order valence-corrected chi connectivity index (χ1v) is 8.25. The maximum absolute atomic E-state index is 11.8. The summed E-state index contributed by atoms with van der Waals surface area (Å²) in [6.45, 7) is 4.38. The van der Waals surface area contributed by atoms with E-state index in [1.54, 1.807) is 7.11 Å². The number of benzene rings is 1. The fourth-order valence-electron chi connectivity index (χ4n) is 2.99. The summed E-state index contributed by atoms with van der Waals surface area (Å²) in [5, 5.41) is 0. The second-order valence-corrected chi connectivity index (χ2v) is 6.01. The van der Waals surface area contributed by atoms with Crippen LogP contribution in [0.4, 0.5) is 0 Å². The topological polar surface area (TPSA) is 45.7 Å². The number of hydrogen-bond acceptors (Lipinski definition) is 4. The van der Waals surface area contributed by atoms with Gasteiger partial charge < -0.3 is 9.64 Å². The lowest BCUT2D eigenvalue weighted by Crippen LogP contribution is -2.49. The maximum Gasteiger partial charge on any atom is 0.248 e. The summed E-state index contributed by atoms with van der Waals surface area (Å²) in [4.78, 5) is 20.5. The lowest BCUT2D eigenvalue weighted by Gasteiger charge is -2.34. The number of hydrogen-bond donors (Lipinski definition) is 0. The van der Waals surface area contributed by atoms with Crippen molar-refractivity contribution in [3.8, 4) is 11.3 Å². The van der Waals surface area contributed by atoms with Gasteiger partial charge in [-0.1, -0.05) is 24.3 Å². The first-order valence-electron chi connectivity index (χ1n) is 8.25. The number of carbonyl (C=O) groups is 1. The molecule has 0 unspecified atom stereocenters. The molecule has 2 heterocycles. The zero-order valence-corrected chi connectivity index (χ0v) is 14.0. The molecule has 0 radical (unpaired) electrons. The molecule has 0 saturated carbocycles. The third-order valence-corrected chi connectivity index (χ3v) is 4.29. The summed E-state index contributed by atoms with van der Waals surface area (Å²) in [6, 6.07) is 14.5. The van der Waals surface area contributed by atoms with Crippen LogP contribution in [0.5, 0.6) is 0 Å². The fourth-order valence-corrected chi connectivity index (χ4v) is 2.99. The van der Waals surface area contributed by atoms with E-state index in [1.807, 2.05) is 29.3 Å². The second kappa shape index (κ2) is 8.04. The molecule has 1 aromatic heterocycles. The Morgan fingerprint density at radius 2 is 1.96 bits per heavy atom. The van der Waals surface area contributed by atoms with Gasteiger partial charge in [0.2, 0.25) is 5.91 Å². The van der Waals surface area contributed by atoms with Crippen LogP contribution < -0.4 is 0 Å². The minimum atomic E-state index is 0.0781. The normalized spacial score (nSPS) is 15.5. The van der Waals surface area contributed by atoms with Gasteiger partial charge in [0.15, 0.2) is 0 Å². The Morgan fingerprint density at radius 1 is 1.12 bits per heavy atom. The number of aromatic nitrogens is 1. The third kappa shape index (κ3) is 4.19. The molecule has 0 aliphatic carbocycles. The highest BCUT2D eigenvalue weighted by Crippen LogP contribution is 2.19. The Balaban J connectivity index is 1.59. The van der Waals surface area contributed by atoms with Crippen molar-refractivity contribution in [2.45, 2.75) is 6.54 Å². The van der Waals surface area contributed by atoms with Crippen LogP contribution in [-0.2, 0) is 16.1 Å². The van der Waals surface area contributed by atoms with E-state index in [0.29, 0.717) is 0 Å². The second-order valence-electron chi connectivity index (χ2n) is 6.01. The van der Waals surface area contributed by atoms with Gasteiger partial charge in [-0.25, -0.2) is 0 Å². The fraction of sp³-hybridized carbons (Fsp3) is 0.368.